The van der Waals surface area contributed by atoms with Crippen LogP contribution in [0.15, 0.2) is 9.64 Å². The third kappa shape index (κ3) is 3.17. The molecule has 0 aliphatic rings. The van der Waals surface area contributed by atoms with Gasteiger partial charge in [0.25, 0.3) is 11.1 Å². The lowest BCUT2D eigenvalue weighted by Crippen LogP contribution is -2.04. The maximum atomic E-state index is 5.70. The Hall–Kier alpha value is -1.81. The molecule has 3 rings (SSSR count). The third-order valence-corrected chi connectivity index (χ3v) is 4.75. The first kappa shape index (κ1) is 15.1. The molecule has 0 atom stereocenters. The Balaban J connectivity index is 1.69. The summed E-state index contributed by atoms with van der Waals surface area (Å²) < 4.78 is 7.49. The maximum Gasteiger partial charge on any atom is 0.277 e. The van der Waals surface area contributed by atoms with Gasteiger partial charge in [-0.15, -0.1) is 26.6 Å². The molecule has 0 fully saturated rings. The number of hydrogen-bond acceptors (Lipinski definition) is 9. The highest BCUT2D eigenvalue weighted by atomic mass is 32.2. The fourth-order valence-electron chi connectivity index (χ4n) is 1.93. The number of thiazole rings is 1. The zero-order chi connectivity index (χ0) is 15.5. The van der Waals surface area contributed by atoms with Crippen LogP contribution in [-0.4, -0.2) is 35.4 Å². The highest BCUT2D eigenvalue weighted by Crippen LogP contribution is 2.31. The molecule has 8 nitrogen and oxygen atoms in total. The van der Waals surface area contributed by atoms with Gasteiger partial charge in [-0.2, -0.15) is 0 Å². The van der Waals surface area contributed by atoms with Crippen molar-refractivity contribution in [2.75, 3.05) is 0 Å². The van der Waals surface area contributed by atoms with Crippen LogP contribution in [-0.2, 0) is 12.3 Å². The summed E-state index contributed by atoms with van der Waals surface area (Å²) in [5, 5.41) is 21.3. The van der Waals surface area contributed by atoms with Crippen molar-refractivity contribution >= 4 is 23.1 Å². The predicted molar refractivity (Wildman–Crippen MR) is 82.5 cm³/mol. The molecule has 0 aliphatic heterocycles. The van der Waals surface area contributed by atoms with Crippen LogP contribution >= 0.6 is 23.1 Å². The molecule has 0 radical (unpaired) electrons. The maximum absolute atomic E-state index is 5.70. The first-order chi connectivity index (χ1) is 10.7. The molecule has 0 aliphatic carbocycles. The van der Waals surface area contributed by atoms with Crippen molar-refractivity contribution in [1.82, 2.24) is 35.4 Å². The molecule has 0 unspecified atom stereocenters. The molecule has 3 aromatic rings. The third-order valence-electron chi connectivity index (χ3n) is 2.87. The highest BCUT2D eigenvalue weighted by Gasteiger charge is 2.16. The molecule has 0 amide bonds. The zero-order valence-electron chi connectivity index (χ0n) is 12.5. The van der Waals surface area contributed by atoms with Gasteiger partial charge < -0.3 is 4.42 Å². The molecule has 0 bridgehead atoms. The fourth-order valence-corrected chi connectivity index (χ4v) is 3.46. The molecule has 0 spiro atoms. The predicted octanol–water partition coefficient (Wildman–Crippen LogP) is 2.50. The van der Waals surface area contributed by atoms with Crippen molar-refractivity contribution in [3.05, 3.63) is 16.5 Å². The Morgan fingerprint density at radius 3 is 2.82 bits per heavy atom. The van der Waals surface area contributed by atoms with Gasteiger partial charge in [-0.05, 0) is 30.7 Å². The molecule has 0 N–H and O–H groups in total. The number of thioether (sulfide) groups is 1. The van der Waals surface area contributed by atoms with Crippen LogP contribution in [0.1, 0.15) is 29.9 Å². The van der Waals surface area contributed by atoms with Crippen LogP contribution in [0.2, 0.25) is 0 Å². The molecule has 0 saturated heterocycles. The quantitative estimate of drug-likeness (QED) is 0.633. The van der Waals surface area contributed by atoms with E-state index in [0.29, 0.717) is 16.9 Å². The first-order valence-corrected chi connectivity index (χ1v) is 8.63. The summed E-state index contributed by atoms with van der Waals surface area (Å²) in [6, 6.07) is 0. The zero-order valence-corrected chi connectivity index (χ0v) is 14.1. The van der Waals surface area contributed by atoms with Crippen molar-refractivity contribution in [3.63, 3.8) is 0 Å². The van der Waals surface area contributed by atoms with Crippen molar-refractivity contribution in [3.8, 4) is 10.8 Å². The van der Waals surface area contributed by atoms with E-state index in [1.807, 2.05) is 13.8 Å². The van der Waals surface area contributed by atoms with E-state index in [0.717, 1.165) is 34.4 Å². The summed E-state index contributed by atoms with van der Waals surface area (Å²) in [4.78, 5) is 5.29. The summed E-state index contributed by atoms with van der Waals surface area (Å²) in [5.74, 6) is 1.91. The largest absolute Gasteiger partial charge is 0.410 e. The van der Waals surface area contributed by atoms with Gasteiger partial charge in [0.2, 0.25) is 0 Å². The number of aromatic nitrogens is 7. The van der Waals surface area contributed by atoms with Gasteiger partial charge >= 0.3 is 0 Å². The van der Waals surface area contributed by atoms with E-state index >= 15 is 0 Å². The van der Waals surface area contributed by atoms with E-state index in [1.54, 1.807) is 16.0 Å². The summed E-state index contributed by atoms with van der Waals surface area (Å²) in [6.45, 7) is 6.79. The van der Waals surface area contributed by atoms with E-state index in [-0.39, 0.29) is 0 Å². The van der Waals surface area contributed by atoms with E-state index in [1.165, 1.54) is 11.8 Å². The summed E-state index contributed by atoms with van der Waals surface area (Å²) in [5.41, 5.74) is 0.912. The normalized spacial score (nSPS) is 11.2. The lowest BCUT2D eigenvalue weighted by atomic mass is 10.4. The molecule has 3 heterocycles. The fraction of sp³-hybridized carbons (Fsp3) is 0.500. The lowest BCUT2D eigenvalue weighted by molar-refractivity contribution is 0.466. The minimum atomic E-state index is 0.506. The average molecular weight is 337 g/mol. The van der Waals surface area contributed by atoms with Crippen molar-refractivity contribution in [2.45, 2.75) is 44.7 Å². The standard InChI is InChI=1S/C12H15N7OS2/c1-4-5-19-9(14-17-18-19)6-21-12-16-15-11(20-12)10-7(2)13-8(3)22-10/h4-6H2,1-3H3. The summed E-state index contributed by atoms with van der Waals surface area (Å²) in [6.07, 6.45) is 0.984. The van der Waals surface area contributed by atoms with Gasteiger partial charge in [0.15, 0.2) is 5.82 Å². The molecule has 0 aromatic carbocycles. The highest BCUT2D eigenvalue weighted by molar-refractivity contribution is 7.98. The van der Waals surface area contributed by atoms with Gasteiger partial charge in [-0.1, -0.05) is 18.7 Å². The van der Waals surface area contributed by atoms with E-state index in [9.17, 15) is 0 Å². The van der Waals surface area contributed by atoms with Crippen LogP contribution < -0.4 is 0 Å². The number of tetrazole rings is 1. The van der Waals surface area contributed by atoms with Gasteiger partial charge in [0.1, 0.15) is 4.88 Å². The molecule has 116 valence electrons. The monoisotopic (exact) mass is 337 g/mol. The smallest absolute Gasteiger partial charge is 0.277 e. The van der Waals surface area contributed by atoms with Gasteiger partial charge in [-0.3, -0.25) is 0 Å². The Kier molecular flexibility index (Phi) is 4.48. The first-order valence-electron chi connectivity index (χ1n) is 6.83. The van der Waals surface area contributed by atoms with E-state index < -0.39 is 0 Å². The Morgan fingerprint density at radius 1 is 1.23 bits per heavy atom. The Morgan fingerprint density at radius 2 is 2.09 bits per heavy atom. The average Bonchev–Trinajstić information content (AvgIpc) is 3.18. The molecular formula is C12H15N7OS2. The summed E-state index contributed by atoms with van der Waals surface area (Å²) >= 11 is 2.98. The Labute approximate surface area is 135 Å². The minimum absolute atomic E-state index is 0.506. The topological polar surface area (TPSA) is 95.4 Å². The number of hydrogen-bond donors (Lipinski definition) is 0. The number of rotatable bonds is 6. The minimum Gasteiger partial charge on any atom is -0.410 e. The van der Waals surface area contributed by atoms with Crippen LogP contribution in [0.25, 0.3) is 10.8 Å². The second kappa shape index (κ2) is 6.53. The number of nitrogens with zero attached hydrogens (tertiary/aromatic N) is 7. The molecule has 0 saturated carbocycles. The molecule has 22 heavy (non-hydrogen) atoms. The van der Waals surface area contributed by atoms with Crippen LogP contribution in [0.3, 0.4) is 0 Å². The van der Waals surface area contributed by atoms with Crippen LogP contribution in [0.5, 0.6) is 0 Å². The Bertz CT molecular complexity index is 763. The van der Waals surface area contributed by atoms with Gasteiger partial charge in [0, 0.05) is 6.54 Å². The van der Waals surface area contributed by atoms with Crippen molar-refractivity contribution in [2.24, 2.45) is 0 Å². The summed E-state index contributed by atoms with van der Waals surface area (Å²) in [7, 11) is 0. The second-order valence-electron chi connectivity index (χ2n) is 4.63. The lowest BCUT2D eigenvalue weighted by Gasteiger charge is -1.99. The van der Waals surface area contributed by atoms with Gasteiger partial charge in [-0.25, -0.2) is 9.67 Å². The van der Waals surface area contributed by atoms with E-state index in [2.05, 4.69) is 37.6 Å². The van der Waals surface area contributed by atoms with E-state index in [4.69, 9.17) is 4.42 Å². The molecule has 3 aromatic heterocycles. The SMILES string of the molecule is CCCn1nnnc1CSc1nnc(-c2sc(C)nc2C)o1. The van der Waals surface area contributed by atoms with Crippen LogP contribution in [0.4, 0.5) is 0 Å². The van der Waals surface area contributed by atoms with Gasteiger partial charge in [0.05, 0.1) is 16.5 Å². The molecule has 10 heteroatoms. The second-order valence-corrected chi connectivity index (χ2v) is 6.76. The molecular weight excluding hydrogens is 322 g/mol. The van der Waals surface area contributed by atoms with Crippen LogP contribution in [0, 0.1) is 13.8 Å². The van der Waals surface area contributed by atoms with Crippen molar-refractivity contribution < 1.29 is 4.42 Å². The van der Waals surface area contributed by atoms with Crippen molar-refractivity contribution in [1.29, 1.82) is 0 Å². The number of aryl methyl sites for hydroxylation is 3.